The standard InChI is InChI=1S/C18H23NO2/c1-2-10-18(11-4-7-14-5-3-6-14)20-13-15-12-16(19)8-9-17(15)21-18/h8-9,12,14H,2-3,5-6,10-11,13,19H2,1H3. The summed E-state index contributed by atoms with van der Waals surface area (Å²) >= 11 is 0. The highest BCUT2D eigenvalue weighted by Gasteiger charge is 2.36. The van der Waals surface area contributed by atoms with E-state index in [0.717, 1.165) is 29.8 Å². The highest BCUT2D eigenvalue weighted by Crippen LogP contribution is 2.37. The van der Waals surface area contributed by atoms with Crippen molar-refractivity contribution in [3.8, 4) is 17.6 Å². The van der Waals surface area contributed by atoms with Crippen LogP contribution in [0.25, 0.3) is 0 Å². The monoisotopic (exact) mass is 285 g/mol. The summed E-state index contributed by atoms with van der Waals surface area (Å²) in [7, 11) is 0. The molecule has 0 bridgehead atoms. The molecule has 1 heterocycles. The summed E-state index contributed by atoms with van der Waals surface area (Å²) < 4.78 is 12.2. The van der Waals surface area contributed by atoms with Crippen LogP contribution in [0.1, 0.15) is 51.0 Å². The molecule has 2 aliphatic rings. The number of anilines is 1. The van der Waals surface area contributed by atoms with Crippen LogP contribution in [0.2, 0.25) is 0 Å². The molecule has 0 spiro atoms. The number of nitrogens with two attached hydrogens (primary N) is 1. The fourth-order valence-electron chi connectivity index (χ4n) is 2.81. The van der Waals surface area contributed by atoms with Crippen LogP contribution < -0.4 is 10.5 Å². The predicted molar refractivity (Wildman–Crippen MR) is 83.6 cm³/mol. The number of hydrogen-bond acceptors (Lipinski definition) is 3. The van der Waals surface area contributed by atoms with E-state index in [1.807, 2.05) is 18.2 Å². The highest BCUT2D eigenvalue weighted by molar-refractivity contribution is 5.48. The molecule has 1 fully saturated rings. The Morgan fingerprint density at radius 1 is 1.38 bits per heavy atom. The Morgan fingerprint density at radius 3 is 2.95 bits per heavy atom. The number of benzene rings is 1. The zero-order valence-electron chi connectivity index (χ0n) is 12.7. The fourth-order valence-corrected chi connectivity index (χ4v) is 2.81. The second-order valence-electron chi connectivity index (χ2n) is 6.04. The first-order valence-corrected chi connectivity index (χ1v) is 7.90. The minimum absolute atomic E-state index is 0.547. The largest absolute Gasteiger partial charge is 0.461 e. The summed E-state index contributed by atoms with van der Waals surface area (Å²) in [5, 5.41) is 0. The molecule has 21 heavy (non-hydrogen) atoms. The Bertz CT molecular complexity index is 568. The third-order valence-corrected chi connectivity index (χ3v) is 4.27. The zero-order chi connectivity index (χ0) is 14.7. The maximum atomic E-state index is 6.17. The Morgan fingerprint density at radius 2 is 2.24 bits per heavy atom. The second kappa shape index (κ2) is 5.99. The molecule has 1 aromatic rings. The minimum Gasteiger partial charge on any atom is -0.461 e. The van der Waals surface area contributed by atoms with Gasteiger partial charge in [0.2, 0.25) is 5.79 Å². The third-order valence-electron chi connectivity index (χ3n) is 4.27. The third kappa shape index (κ3) is 3.16. The highest BCUT2D eigenvalue weighted by atomic mass is 16.7. The Labute approximate surface area is 126 Å². The van der Waals surface area contributed by atoms with Gasteiger partial charge in [0.1, 0.15) is 5.75 Å². The van der Waals surface area contributed by atoms with Gasteiger partial charge < -0.3 is 15.2 Å². The van der Waals surface area contributed by atoms with Crippen LogP contribution in [0.5, 0.6) is 5.75 Å². The van der Waals surface area contributed by atoms with Crippen LogP contribution in [0.3, 0.4) is 0 Å². The van der Waals surface area contributed by atoms with E-state index in [9.17, 15) is 0 Å². The van der Waals surface area contributed by atoms with E-state index in [1.165, 1.54) is 19.3 Å². The molecule has 3 rings (SSSR count). The van der Waals surface area contributed by atoms with Gasteiger partial charge in [0, 0.05) is 23.6 Å². The molecule has 112 valence electrons. The summed E-state index contributed by atoms with van der Waals surface area (Å²) in [4.78, 5) is 0. The molecule has 2 N–H and O–H groups in total. The van der Waals surface area contributed by atoms with Gasteiger partial charge >= 0.3 is 0 Å². The molecule has 1 atom stereocenters. The molecular weight excluding hydrogens is 262 g/mol. The topological polar surface area (TPSA) is 44.5 Å². The van der Waals surface area contributed by atoms with Gasteiger partial charge in [0.25, 0.3) is 0 Å². The molecule has 1 unspecified atom stereocenters. The zero-order valence-corrected chi connectivity index (χ0v) is 12.7. The number of ether oxygens (including phenoxy) is 2. The van der Waals surface area contributed by atoms with Gasteiger partial charge in [-0.25, -0.2) is 0 Å². The average Bonchev–Trinajstić information content (AvgIpc) is 2.42. The van der Waals surface area contributed by atoms with E-state index < -0.39 is 5.79 Å². The molecule has 1 saturated carbocycles. The molecule has 1 aliphatic carbocycles. The van der Waals surface area contributed by atoms with Crippen molar-refractivity contribution in [2.75, 3.05) is 5.73 Å². The van der Waals surface area contributed by atoms with Crippen LogP contribution in [0, 0.1) is 17.8 Å². The van der Waals surface area contributed by atoms with Gasteiger partial charge in [-0.05, 0) is 37.5 Å². The van der Waals surface area contributed by atoms with Crippen LogP contribution in [-0.2, 0) is 11.3 Å². The lowest BCUT2D eigenvalue weighted by Crippen LogP contribution is -2.41. The number of nitrogen functional groups attached to an aromatic ring is 1. The maximum absolute atomic E-state index is 6.17. The molecule has 0 saturated heterocycles. The minimum atomic E-state index is -0.589. The van der Waals surface area contributed by atoms with E-state index in [4.69, 9.17) is 15.2 Å². The van der Waals surface area contributed by atoms with Crippen molar-refractivity contribution < 1.29 is 9.47 Å². The summed E-state index contributed by atoms with van der Waals surface area (Å²) in [6.07, 6.45) is 6.32. The van der Waals surface area contributed by atoms with Crippen molar-refractivity contribution in [2.45, 2.75) is 57.8 Å². The van der Waals surface area contributed by atoms with Crippen LogP contribution in [0.15, 0.2) is 18.2 Å². The normalized spacial score (nSPS) is 24.2. The van der Waals surface area contributed by atoms with Gasteiger partial charge in [-0.15, -0.1) is 0 Å². The molecule has 3 nitrogen and oxygen atoms in total. The van der Waals surface area contributed by atoms with Crippen molar-refractivity contribution in [3.05, 3.63) is 23.8 Å². The molecule has 0 amide bonds. The van der Waals surface area contributed by atoms with Crippen molar-refractivity contribution in [1.82, 2.24) is 0 Å². The summed E-state index contributed by atoms with van der Waals surface area (Å²) in [5.41, 5.74) is 7.58. The van der Waals surface area contributed by atoms with E-state index in [1.54, 1.807) is 0 Å². The number of rotatable bonds is 3. The first-order chi connectivity index (χ1) is 10.2. The van der Waals surface area contributed by atoms with E-state index in [0.29, 0.717) is 18.9 Å². The predicted octanol–water partition coefficient (Wildman–Crippen LogP) is 3.87. The first-order valence-electron chi connectivity index (χ1n) is 7.90. The lowest BCUT2D eigenvalue weighted by atomic mass is 9.86. The second-order valence-corrected chi connectivity index (χ2v) is 6.04. The van der Waals surface area contributed by atoms with Crippen molar-refractivity contribution >= 4 is 5.69 Å². The van der Waals surface area contributed by atoms with Crippen molar-refractivity contribution in [2.24, 2.45) is 5.92 Å². The quantitative estimate of drug-likeness (QED) is 0.677. The lowest BCUT2D eigenvalue weighted by Gasteiger charge is -2.37. The molecular formula is C18H23NO2. The van der Waals surface area contributed by atoms with Crippen LogP contribution >= 0.6 is 0 Å². The molecule has 1 aromatic carbocycles. The number of hydrogen-bond donors (Lipinski definition) is 1. The summed E-state index contributed by atoms with van der Waals surface area (Å²) in [5.74, 6) is 7.54. The van der Waals surface area contributed by atoms with Gasteiger partial charge in [0.15, 0.2) is 0 Å². The Balaban J connectivity index is 1.74. The molecule has 1 aliphatic heterocycles. The fraction of sp³-hybridized carbons (Fsp3) is 0.556. The summed E-state index contributed by atoms with van der Waals surface area (Å²) in [6, 6.07) is 5.74. The maximum Gasteiger partial charge on any atom is 0.221 e. The van der Waals surface area contributed by atoms with Crippen molar-refractivity contribution in [1.29, 1.82) is 0 Å². The molecule has 3 heteroatoms. The number of fused-ring (bicyclic) bond motifs is 1. The van der Waals surface area contributed by atoms with Gasteiger partial charge in [-0.3, -0.25) is 0 Å². The van der Waals surface area contributed by atoms with Gasteiger partial charge in [0.05, 0.1) is 13.0 Å². The smallest absolute Gasteiger partial charge is 0.221 e. The SMILES string of the molecule is CCCC1(CC#CC2CCC2)OCc2cc(N)ccc2O1. The summed E-state index contributed by atoms with van der Waals surface area (Å²) in [6.45, 7) is 2.69. The van der Waals surface area contributed by atoms with E-state index >= 15 is 0 Å². The van der Waals surface area contributed by atoms with E-state index in [2.05, 4.69) is 18.8 Å². The van der Waals surface area contributed by atoms with Crippen molar-refractivity contribution in [3.63, 3.8) is 0 Å². The molecule has 0 aromatic heterocycles. The van der Waals surface area contributed by atoms with Gasteiger partial charge in [-0.2, -0.15) is 0 Å². The Kier molecular flexibility index (Phi) is 4.07. The van der Waals surface area contributed by atoms with Crippen LogP contribution in [-0.4, -0.2) is 5.79 Å². The molecule has 0 radical (unpaired) electrons. The van der Waals surface area contributed by atoms with E-state index in [-0.39, 0.29) is 0 Å². The van der Waals surface area contributed by atoms with Crippen LogP contribution in [0.4, 0.5) is 5.69 Å². The lowest BCUT2D eigenvalue weighted by molar-refractivity contribution is -0.206. The average molecular weight is 285 g/mol. The first kappa shape index (κ1) is 14.3. The van der Waals surface area contributed by atoms with Gasteiger partial charge in [-0.1, -0.05) is 25.2 Å². The Hall–Kier alpha value is -1.66.